The van der Waals surface area contributed by atoms with Gasteiger partial charge in [-0.25, -0.2) is 8.78 Å². The SMILES string of the molecule is C=C(C)C1CC2(C1)CC(F)(F)C2. The van der Waals surface area contributed by atoms with Crippen LogP contribution in [-0.4, -0.2) is 5.92 Å². The minimum Gasteiger partial charge on any atom is -0.207 e. The molecule has 0 aromatic carbocycles. The van der Waals surface area contributed by atoms with Gasteiger partial charge in [-0.3, -0.25) is 0 Å². The molecule has 2 fully saturated rings. The first kappa shape index (κ1) is 8.21. The Morgan fingerprint density at radius 3 is 2.17 bits per heavy atom. The third kappa shape index (κ3) is 1.08. The number of allylic oxidation sites excluding steroid dienone is 1. The zero-order valence-electron chi connectivity index (χ0n) is 7.37. The Balaban J connectivity index is 1.87. The normalized spacial score (nSPS) is 30.9. The lowest BCUT2D eigenvalue weighted by molar-refractivity contribution is -0.202. The van der Waals surface area contributed by atoms with Crippen LogP contribution in [0.25, 0.3) is 0 Å². The summed E-state index contributed by atoms with van der Waals surface area (Å²) >= 11 is 0. The fourth-order valence-electron chi connectivity index (χ4n) is 2.67. The first-order valence-electron chi connectivity index (χ1n) is 4.46. The minimum absolute atomic E-state index is 0.0209. The topological polar surface area (TPSA) is 0 Å². The average molecular weight is 172 g/mol. The van der Waals surface area contributed by atoms with Crippen molar-refractivity contribution >= 4 is 0 Å². The van der Waals surface area contributed by atoms with Crippen molar-refractivity contribution < 1.29 is 8.78 Å². The maximum Gasteiger partial charge on any atom is 0.249 e. The summed E-state index contributed by atoms with van der Waals surface area (Å²) in [6.45, 7) is 5.84. The molecular weight excluding hydrogens is 158 g/mol. The molecule has 0 bridgehead atoms. The lowest BCUT2D eigenvalue weighted by atomic mass is 9.49. The van der Waals surface area contributed by atoms with Crippen molar-refractivity contribution in [1.82, 2.24) is 0 Å². The molecule has 2 saturated carbocycles. The van der Waals surface area contributed by atoms with Crippen molar-refractivity contribution in [2.24, 2.45) is 11.3 Å². The van der Waals surface area contributed by atoms with Crippen molar-refractivity contribution in [1.29, 1.82) is 0 Å². The van der Waals surface area contributed by atoms with Gasteiger partial charge in [0.15, 0.2) is 0 Å². The molecule has 0 aromatic heterocycles. The average Bonchev–Trinajstić information content (AvgIpc) is 1.75. The van der Waals surface area contributed by atoms with Gasteiger partial charge in [0.1, 0.15) is 0 Å². The fraction of sp³-hybridized carbons (Fsp3) is 0.800. The monoisotopic (exact) mass is 172 g/mol. The Kier molecular flexibility index (Phi) is 1.43. The summed E-state index contributed by atoms with van der Waals surface area (Å²) in [5.74, 6) is -1.82. The van der Waals surface area contributed by atoms with E-state index >= 15 is 0 Å². The van der Waals surface area contributed by atoms with E-state index in [0.29, 0.717) is 5.92 Å². The molecule has 2 aliphatic carbocycles. The summed E-state index contributed by atoms with van der Waals surface area (Å²) in [7, 11) is 0. The van der Waals surface area contributed by atoms with Gasteiger partial charge in [-0.1, -0.05) is 12.2 Å². The summed E-state index contributed by atoms with van der Waals surface area (Å²) in [6.07, 6.45) is 2.17. The number of alkyl halides is 2. The number of rotatable bonds is 1. The van der Waals surface area contributed by atoms with E-state index in [0.717, 1.165) is 18.4 Å². The van der Waals surface area contributed by atoms with Gasteiger partial charge in [0.05, 0.1) is 0 Å². The Morgan fingerprint density at radius 2 is 1.83 bits per heavy atom. The van der Waals surface area contributed by atoms with Gasteiger partial charge >= 0.3 is 0 Å². The lowest BCUT2D eigenvalue weighted by Gasteiger charge is -2.57. The molecule has 1 spiro atoms. The van der Waals surface area contributed by atoms with Crippen LogP contribution in [0.5, 0.6) is 0 Å². The van der Waals surface area contributed by atoms with E-state index in [1.165, 1.54) is 0 Å². The first-order chi connectivity index (χ1) is 5.43. The maximum atomic E-state index is 12.6. The molecule has 0 atom stereocenters. The summed E-state index contributed by atoms with van der Waals surface area (Å²) < 4.78 is 25.1. The second-order valence-corrected chi connectivity index (χ2v) is 4.66. The molecule has 2 aliphatic rings. The van der Waals surface area contributed by atoms with Crippen LogP contribution in [0.2, 0.25) is 0 Å². The molecule has 2 heteroatoms. The predicted molar refractivity (Wildman–Crippen MR) is 44.2 cm³/mol. The van der Waals surface area contributed by atoms with Crippen molar-refractivity contribution in [2.45, 2.75) is 38.5 Å². The van der Waals surface area contributed by atoms with Crippen LogP contribution in [0.3, 0.4) is 0 Å². The molecule has 0 nitrogen and oxygen atoms in total. The standard InChI is InChI=1S/C10H14F2/c1-7(2)8-3-9(4-8)5-10(11,12)6-9/h8H,1,3-6H2,2H3. The first-order valence-corrected chi connectivity index (χ1v) is 4.46. The van der Waals surface area contributed by atoms with E-state index in [-0.39, 0.29) is 18.3 Å². The van der Waals surface area contributed by atoms with Crippen LogP contribution in [0.1, 0.15) is 32.6 Å². The van der Waals surface area contributed by atoms with E-state index in [2.05, 4.69) is 6.58 Å². The van der Waals surface area contributed by atoms with Crippen molar-refractivity contribution in [2.75, 3.05) is 0 Å². The van der Waals surface area contributed by atoms with E-state index < -0.39 is 5.92 Å². The molecule has 0 heterocycles. The van der Waals surface area contributed by atoms with Crippen LogP contribution >= 0.6 is 0 Å². The van der Waals surface area contributed by atoms with Gasteiger partial charge in [-0.15, -0.1) is 0 Å². The Hall–Kier alpha value is -0.400. The smallest absolute Gasteiger partial charge is 0.207 e. The molecule has 0 N–H and O–H groups in total. The summed E-state index contributed by atoms with van der Waals surface area (Å²) in [5, 5.41) is 0. The molecule has 0 unspecified atom stereocenters. The minimum atomic E-state index is -2.35. The molecule has 12 heavy (non-hydrogen) atoms. The Morgan fingerprint density at radius 1 is 1.33 bits per heavy atom. The van der Waals surface area contributed by atoms with Crippen LogP contribution in [0, 0.1) is 11.3 Å². The molecule has 0 aromatic rings. The van der Waals surface area contributed by atoms with E-state index in [9.17, 15) is 8.78 Å². The quantitative estimate of drug-likeness (QED) is 0.532. The van der Waals surface area contributed by atoms with Crippen LogP contribution in [-0.2, 0) is 0 Å². The number of hydrogen-bond acceptors (Lipinski definition) is 0. The van der Waals surface area contributed by atoms with E-state index in [4.69, 9.17) is 0 Å². The third-order valence-electron chi connectivity index (χ3n) is 3.32. The van der Waals surface area contributed by atoms with Crippen LogP contribution in [0.4, 0.5) is 8.78 Å². The predicted octanol–water partition coefficient (Wildman–Crippen LogP) is 3.39. The van der Waals surface area contributed by atoms with Gasteiger partial charge in [0.2, 0.25) is 5.92 Å². The van der Waals surface area contributed by atoms with E-state index in [1.807, 2.05) is 6.92 Å². The highest BCUT2D eigenvalue weighted by atomic mass is 19.3. The highest BCUT2D eigenvalue weighted by molar-refractivity contribution is 5.14. The van der Waals surface area contributed by atoms with Crippen molar-refractivity contribution in [3.05, 3.63) is 12.2 Å². The molecule has 0 amide bonds. The van der Waals surface area contributed by atoms with Gasteiger partial charge in [0.25, 0.3) is 0 Å². The second kappa shape index (κ2) is 2.09. The molecule has 0 saturated heterocycles. The van der Waals surface area contributed by atoms with E-state index in [1.54, 1.807) is 0 Å². The molecule has 0 radical (unpaired) electrons. The number of halogens is 2. The molecule has 2 rings (SSSR count). The molecular formula is C10H14F2. The molecule has 68 valence electrons. The number of hydrogen-bond donors (Lipinski definition) is 0. The van der Waals surface area contributed by atoms with Gasteiger partial charge < -0.3 is 0 Å². The summed E-state index contributed by atoms with van der Waals surface area (Å²) in [4.78, 5) is 0. The lowest BCUT2D eigenvalue weighted by Crippen LogP contribution is -2.53. The van der Waals surface area contributed by atoms with Crippen molar-refractivity contribution in [3.63, 3.8) is 0 Å². The van der Waals surface area contributed by atoms with Gasteiger partial charge in [-0.2, -0.15) is 0 Å². The van der Waals surface area contributed by atoms with Gasteiger partial charge in [-0.05, 0) is 31.1 Å². The van der Waals surface area contributed by atoms with Crippen LogP contribution < -0.4 is 0 Å². The van der Waals surface area contributed by atoms with Gasteiger partial charge in [0, 0.05) is 12.8 Å². The highest BCUT2D eigenvalue weighted by Crippen LogP contribution is 2.65. The summed E-state index contributed by atoms with van der Waals surface area (Å²) in [5.41, 5.74) is 1.18. The summed E-state index contributed by atoms with van der Waals surface area (Å²) in [6, 6.07) is 0. The Labute approximate surface area is 71.7 Å². The highest BCUT2D eigenvalue weighted by Gasteiger charge is 2.61. The second-order valence-electron chi connectivity index (χ2n) is 4.66. The fourth-order valence-corrected chi connectivity index (χ4v) is 2.67. The Bertz CT molecular complexity index is 214. The van der Waals surface area contributed by atoms with Crippen molar-refractivity contribution in [3.8, 4) is 0 Å². The third-order valence-corrected chi connectivity index (χ3v) is 3.32. The largest absolute Gasteiger partial charge is 0.249 e. The van der Waals surface area contributed by atoms with Crippen LogP contribution in [0.15, 0.2) is 12.2 Å². The molecule has 0 aliphatic heterocycles. The maximum absolute atomic E-state index is 12.6. The zero-order chi connectivity index (χ0) is 8.98. The zero-order valence-corrected chi connectivity index (χ0v) is 7.37.